The van der Waals surface area contributed by atoms with Gasteiger partial charge in [0.2, 0.25) is 0 Å². The molecule has 0 aliphatic heterocycles. The van der Waals surface area contributed by atoms with Crippen molar-refractivity contribution in [3.05, 3.63) is 64.1 Å². The van der Waals surface area contributed by atoms with Gasteiger partial charge in [0, 0.05) is 16.1 Å². The molecule has 2 rings (SSSR count). The molecule has 0 bridgehead atoms. The Morgan fingerprint density at radius 1 is 1.17 bits per heavy atom. The molecule has 0 saturated heterocycles. The molecule has 1 N–H and O–H groups in total. The molecule has 0 unspecified atom stereocenters. The molecule has 3 nitrogen and oxygen atoms in total. The second kappa shape index (κ2) is 8.30. The normalized spacial score (nSPS) is 9.70. The van der Waals surface area contributed by atoms with Crippen molar-refractivity contribution in [1.82, 2.24) is 5.32 Å². The summed E-state index contributed by atoms with van der Waals surface area (Å²) in [5.74, 6) is 3.56. The first-order chi connectivity index (χ1) is 11.1. The van der Waals surface area contributed by atoms with Crippen LogP contribution in [-0.2, 0) is 0 Å². The van der Waals surface area contributed by atoms with E-state index in [1.54, 1.807) is 18.2 Å². The van der Waals surface area contributed by atoms with Crippen molar-refractivity contribution in [1.29, 1.82) is 0 Å². The van der Waals surface area contributed by atoms with E-state index in [0.717, 1.165) is 16.6 Å². The fourth-order valence-electron chi connectivity index (χ4n) is 1.68. The van der Waals surface area contributed by atoms with Crippen molar-refractivity contribution < 1.29 is 18.3 Å². The maximum atomic E-state index is 13.3. The number of halogens is 3. The third kappa shape index (κ3) is 5.38. The molecular formula is C17H12BrF2NO2. The molecule has 0 heterocycles. The Hall–Kier alpha value is -2.39. The highest BCUT2D eigenvalue weighted by Gasteiger charge is 2.04. The van der Waals surface area contributed by atoms with Gasteiger partial charge in [-0.25, -0.2) is 8.78 Å². The van der Waals surface area contributed by atoms with Crippen molar-refractivity contribution in [2.75, 3.05) is 13.2 Å². The molecule has 0 radical (unpaired) electrons. The third-order valence-electron chi connectivity index (χ3n) is 2.74. The lowest BCUT2D eigenvalue weighted by Gasteiger charge is -2.03. The molecule has 0 atom stereocenters. The molecule has 0 aromatic heterocycles. The van der Waals surface area contributed by atoms with E-state index in [9.17, 15) is 13.6 Å². The third-order valence-corrected chi connectivity index (χ3v) is 3.24. The number of benzene rings is 2. The number of hydrogen-bond acceptors (Lipinski definition) is 2. The van der Waals surface area contributed by atoms with Crippen LogP contribution in [0.2, 0.25) is 0 Å². The Bertz CT molecular complexity index is 769. The summed E-state index contributed by atoms with van der Waals surface area (Å²) in [4.78, 5) is 11.8. The second-order valence-corrected chi connectivity index (χ2v) is 5.33. The monoisotopic (exact) mass is 379 g/mol. The summed E-state index contributed by atoms with van der Waals surface area (Å²) < 4.78 is 31.9. The minimum atomic E-state index is -0.783. The maximum Gasteiger partial charge on any atom is 0.252 e. The molecule has 0 fully saturated rings. The van der Waals surface area contributed by atoms with Crippen LogP contribution >= 0.6 is 15.9 Å². The van der Waals surface area contributed by atoms with Gasteiger partial charge in [-0.05, 0) is 30.3 Å². The van der Waals surface area contributed by atoms with Crippen LogP contribution < -0.4 is 10.1 Å². The molecule has 2 aromatic rings. The van der Waals surface area contributed by atoms with Crippen molar-refractivity contribution in [3.63, 3.8) is 0 Å². The van der Waals surface area contributed by atoms with E-state index in [-0.39, 0.29) is 24.8 Å². The van der Waals surface area contributed by atoms with Crippen molar-refractivity contribution in [3.8, 4) is 17.6 Å². The first kappa shape index (κ1) is 17.0. The Morgan fingerprint density at radius 2 is 2.00 bits per heavy atom. The van der Waals surface area contributed by atoms with Crippen LogP contribution in [0.5, 0.6) is 5.75 Å². The topological polar surface area (TPSA) is 38.3 Å². The number of ether oxygens (including phenoxy) is 1. The van der Waals surface area contributed by atoms with Gasteiger partial charge in [-0.2, -0.15) is 0 Å². The first-order valence-electron chi connectivity index (χ1n) is 6.63. The molecule has 0 aliphatic rings. The van der Waals surface area contributed by atoms with E-state index in [1.165, 1.54) is 6.07 Å². The second-order valence-electron chi connectivity index (χ2n) is 4.41. The molecule has 6 heteroatoms. The predicted octanol–water partition coefficient (Wildman–Crippen LogP) is 3.54. The Morgan fingerprint density at radius 3 is 2.74 bits per heavy atom. The maximum absolute atomic E-state index is 13.3. The molecule has 118 valence electrons. The minimum Gasteiger partial charge on any atom is -0.478 e. The van der Waals surface area contributed by atoms with E-state index in [1.807, 2.05) is 6.07 Å². The zero-order chi connectivity index (χ0) is 16.7. The van der Waals surface area contributed by atoms with Gasteiger partial charge in [0.05, 0.1) is 6.54 Å². The summed E-state index contributed by atoms with van der Waals surface area (Å²) in [5, 5.41) is 2.63. The highest BCUT2D eigenvalue weighted by molar-refractivity contribution is 9.10. The Kier molecular flexibility index (Phi) is 6.12. The summed E-state index contributed by atoms with van der Waals surface area (Å²) in [6.07, 6.45) is 0. The highest BCUT2D eigenvalue weighted by atomic mass is 79.9. The highest BCUT2D eigenvalue weighted by Crippen LogP contribution is 2.17. The van der Waals surface area contributed by atoms with E-state index >= 15 is 0 Å². The summed E-state index contributed by atoms with van der Waals surface area (Å²) in [6, 6.07) is 10.0. The van der Waals surface area contributed by atoms with E-state index in [2.05, 4.69) is 33.1 Å². The average Bonchev–Trinajstić information content (AvgIpc) is 2.52. The van der Waals surface area contributed by atoms with Gasteiger partial charge in [0.15, 0.2) is 11.6 Å². The fourth-order valence-corrected chi connectivity index (χ4v) is 2.08. The molecular weight excluding hydrogens is 368 g/mol. The van der Waals surface area contributed by atoms with Gasteiger partial charge >= 0.3 is 0 Å². The van der Waals surface area contributed by atoms with Gasteiger partial charge < -0.3 is 10.1 Å². The Labute approximate surface area is 140 Å². The van der Waals surface area contributed by atoms with Gasteiger partial charge in [0.25, 0.3) is 5.91 Å². The number of hydrogen-bond donors (Lipinski definition) is 1. The summed E-state index contributed by atoms with van der Waals surface area (Å²) in [5.41, 5.74) is 0.519. The van der Waals surface area contributed by atoms with Crippen molar-refractivity contribution >= 4 is 21.8 Å². The lowest BCUT2D eigenvalue weighted by molar-refractivity contribution is 0.0958. The number of amides is 1. The molecule has 0 aliphatic carbocycles. The molecule has 2 aromatic carbocycles. The summed E-state index contributed by atoms with van der Waals surface area (Å²) >= 11 is 3.29. The van der Waals surface area contributed by atoms with Crippen LogP contribution in [0.1, 0.15) is 10.4 Å². The number of nitrogens with one attached hydrogen (secondary N) is 1. The van der Waals surface area contributed by atoms with Crippen LogP contribution in [0.25, 0.3) is 0 Å². The SMILES string of the molecule is O=C(NCC#CCOc1ccc(F)cc1F)c1cccc(Br)c1. The zero-order valence-corrected chi connectivity index (χ0v) is 13.5. The van der Waals surface area contributed by atoms with Crippen molar-refractivity contribution in [2.24, 2.45) is 0 Å². The number of carbonyl (C=O) groups is 1. The van der Waals surface area contributed by atoms with Gasteiger partial charge in [-0.15, -0.1) is 0 Å². The minimum absolute atomic E-state index is 0.0602. The van der Waals surface area contributed by atoms with Crippen LogP contribution in [0.3, 0.4) is 0 Å². The lowest BCUT2D eigenvalue weighted by atomic mass is 10.2. The van der Waals surface area contributed by atoms with Crippen molar-refractivity contribution in [2.45, 2.75) is 0 Å². The molecule has 23 heavy (non-hydrogen) atoms. The van der Waals surface area contributed by atoms with Gasteiger partial charge in [-0.3, -0.25) is 4.79 Å². The zero-order valence-electron chi connectivity index (χ0n) is 11.9. The van der Waals surface area contributed by atoms with E-state index < -0.39 is 11.6 Å². The molecule has 0 spiro atoms. The number of rotatable bonds is 4. The summed E-state index contributed by atoms with van der Waals surface area (Å²) in [7, 11) is 0. The number of carbonyl (C=O) groups excluding carboxylic acids is 1. The smallest absolute Gasteiger partial charge is 0.252 e. The van der Waals surface area contributed by atoms with Gasteiger partial charge in [0.1, 0.15) is 12.4 Å². The average molecular weight is 380 g/mol. The summed E-state index contributed by atoms with van der Waals surface area (Å²) in [6.45, 7) is 0.0793. The quantitative estimate of drug-likeness (QED) is 0.825. The predicted molar refractivity (Wildman–Crippen MR) is 86.1 cm³/mol. The van der Waals surface area contributed by atoms with Crippen LogP contribution in [-0.4, -0.2) is 19.1 Å². The lowest BCUT2D eigenvalue weighted by Crippen LogP contribution is -2.23. The van der Waals surface area contributed by atoms with E-state index in [4.69, 9.17) is 4.74 Å². The van der Waals surface area contributed by atoms with E-state index in [0.29, 0.717) is 5.56 Å². The molecule has 1 amide bonds. The first-order valence-corrected chi connectivity index (χ1v) is 7.43. The van der Waals surface area contributed by atoms with Crippen LogP contribution in [0.4, 0.5) is 8.78 Å². The largest absolute Gasteiger partial charge is 0.478 e. The van der Waals surface area contributed by atoms with Crippen LogP contribution in [0, 0.1) is 23.5 Å². The fraction of sp³-hybridized carbons (Fsp3) is 0.118. The standard InChI is InChI=1S/C17H12BrF2NO2/c18-13-5-3-4-12(10-13)17(22)21-8-1-2-9-23-16-7-6-14(19)11-15(16)20/h3-7,10-11H,8-9H2,(H,21,22). The van der Waals surface area contributed by atoms with Gasteiger partial charge in [-0.1, -0.05) is 33.8 Å². The van der Waals surface area contributed by atoms with Crippen LogP contribution in [0.15, 0.2) is 46.9 Å². The molecule has 0 saturated carbocycles. The Balaban J connectivity index is 1.77.